The normalized spacial score (nSPS) is 15.0. The van der Waals surface area contributed by atoms with Crippen LogP contribution in [0.4, 0.5) is 0 Å². The van der Waals surface area contributed by atoms with Crippen molar-refractivity contribution in [3.05, 3.63) is 93.0 Å². The molecular weight excluding hydrogens is 453 g/mol. The summed E-state index contributed by atoms with van der Waals surface area (Å²) in [7, 11) is 1.54. The number of methoxy groups -OCH3 is 1. The molecule has 0 aromatic heterocycles. The number of hydrogen-bond acceptors (Lipinski definition) is 4. The zero-order valence-corrected chi connectivity index (χ0v) is 19.2. The van der Waals surface area contributed by atoms with E-state index in [1.54, 1.807) is 24.9 Å². The molecule has 1 aliphatic heterocycles. The molecule has 1 amide bonds. The van der Waals surface area contributed by atoms with E-state index in [1.165, 1.54) is 0 Å². The number of amides is 1. The molecule has 1 atom stereocenters. The lowest BCUT2D eigenvalue weighted by atomic mass is 10.00. The molecule has 0 spiro atoms. The van der Waals surface area contributed by atoms with Crippen LogP contribution in [0.2, 0.25) is 10.0 Å². The average molecular weight is 474 g/mol. The Balaban J connectivity index is 1.59. The molecule has 7 heteroatoms. The number of fused-ring (bicyclic) bond motifs is 2. The highest BCUT2D eigenvalue weighted by atomic mass is 35.5. The van der Waals surface area contributed by atoms with Gasteiger partial charge in [-0.05, 0) is 47.0 Å². The quantitative estimate of drug-likeness (QED) is 0.427. The maximum atomic E-state index is 12.4. The molecule has 0 radical (unpaired) electrons. The van der Waals surface area contributed by atoms with Crippen molar-refractivity contribution in [2.24, 2.45) is 0 Å². The zero-order chi connectivity index (χ0) is 21.8. The summed E-state index contributed by atoms with van der Waals surface area (Å²) in [6.45, 7) is 0.601. The Morgan fingerprint density at radius 1 is 1.06 bits per heavy atom. The van der Waals surface area contributed by atoms with Crippen LogP contribution < -0.4 is 5.32 Å². The maximum absolute atomic E-state index is 12.4. The number of benzene rings is 3. The van der Waals surface area contributed by atoms with Gasteiger partial charge < -0.3 is 14.8 Å². The summed E-state index contributed by atoms with van der Waals surface area (Å²) in [6, 6.07) is 19.5. The number of rotatable bonds is 6. The molecule has 0 fully saturated rings. The van der Waals surface area contributed by atoms with E-state index in [-0.39, 0.29) is 18.7 Å². The molecule has 0 bridgehead atoms. The minimum atomic E-state index is -0.157. The van der Waals surface area contributed by atoms with E-state index in [2.05, 4.69) is 17.4 Å². The third-order valence-corrected chi connectivity index (χ3v) is 6.96. The summed E-state index contributed by atoms with van der Waals surface area (Å²) in [5.41, 5.74) is 3.85. The van der Waals surface area contributed by atoms with Gasteiger partial charge in [-0.3, -0.25) is 4.79 Å². The lowest BCUT2D eigenvalue weighted by Crippen LogP contribution is -2.25. The Morgan fingerprint density at radius 2 is 1.90 bits per heavy atom. The van der Waals surface area contributed by atoms with Gasteiger partial charge in [0.1, 0.15) is 6.73 Å². The Hall–Kier alpha value is -2.02. The van der Waals surface area contributed by atoms with Crippen LogP contribution in [-0.2, 0) is 22.5 Å². The Morgan fingerprint density at radius 3 is 2.71 bits per heavy atom. The Bertz CT molecular complexity index is 1110. The summed E-state index contributed by atoms with van der Waals surface area (Å²) in [6.07, 6.45) is 0.591. The maximum Gasteiger partial charge on any atom is 0.253 e. The standard InChI is InChI=1S/C24H21Cl2NO3S/c1-29-14-27-24(28)17-8-7-16-11-21(30-13-15-6-9-19(25)20(26)10-15)18-4-2-3-5-22(18)31-23(16)12-17/h2-10,12,21H,11,13-14H2,1H3,(H,27,28). The fourth-order valence-corrected chi connectivity index (χ4v) is 4.93. The Labute approximate surface area is 195 Å². The van der Waals surface area contributed by atoms with E-state index in [0.717, 1.165) is 26.5 Å². The molecule has 4 nitrogen and oxygen atoms in total. The molecule has 31 heavy (non-hydrogen) atoms. The number of hydrogen-bond donors (Lipinski definition) is 1. The second kappa shape index (κ2) is 10.1. The molecule has 3 aromatic rings. The number of ether oxygens (including phenoxy) is 2. The third-order valence-electron chi connectivity index (χ3n) is 5.03. The lowest BCUT2D eigenvalue weighted by molar-refractivity contribution is 0.0382. The molecule has 1 heterocycles. The van der Waals surface area contributed by atoms with Crippen LogP contribution in [-0.4, -0.2) is 19.7 Å². The summed E-state index contributed by atoms with van der Waals surface area (Å²) in [5.74, 6) is -0.157. The first kappa shape index (κ1) is 22.2. The van der Waals surface area contributed by atoms with Crippen molar-refractivity contribution in [3.63, 3.8) is 0 Å². The topological polar surface area (TPSA) is 47.6 Å². The molecule has 1 N–H and O–H groups in total. The monoisotopic (exact) mass is 473 g/mol. The molecule has 0 saturated carbocycles. The van der Waals surface area contributed by atoms with E-state index < -0.39 is 0 Å². The van der Waals surface area contributed by atoms with Gasteiger partial charge in [-0.2, -0.15) is 0 Å². The molecule has 0 aliphatic carbocycles. The van der Waals surface area contributed by atoms with Gasteiger partial charge in [0.2, 0.25) is 0 Å². The van der Waals surface area contributed by atoms with Crippen LogP contribution in [0.5, 0.6) is 0 Å². The van der Waals surface area contributed by atoms with Crippen LogP contribution in [0.15, 0.2) is 70.5 Å². The summed E-state index contributed by atoms with van der Waals surface area (Å²) in [4.78, 5) is 14.5. The highest BCUT2D eigenvalue weighted by molar-refractivity contribution is 7.99. The van der Waals surface area contributed by atoms with Crippen LogP contribution in [0.3, 0.4) is 0 Å². The number of halogens is 2. The summed E-state index contributed by atoms with van der Waals surface area (Å²) >= 11 is 13.8. The van der Waals surface area contributed by atoms with Gasteiger partial charge in [0.15, 0.2) is 0 Å². The van der Waals surface area contributed by atoms with Gasteiger partial charge in [-0.15, -0.1) is 0 Å². The van der Waals surface area contributed by atoms with Gasteiger partial charge in [0, 0.05) is 28.9 Å². The van der Waals surface area contributed by atoms with Gasteiger partial charge in [-0.25, -0.2) is 0 Å². The fourth-order valence-electron chi connectivity index (χ4n) is 3.44. The van der Waals surface area contributed by atoms with Crippen LogP contribution in [0.1, 0.15) is 33.2 Å². The van der Waals surface area contributed by atoms with Crippen molar-refractivity contribution in [3.8, 4) is 0 Å². The molecular formula is C24H21Cl2NO3S. The van der Waals surface area contributed by atoms with Crippen molar-refractivity contribution in [1.29, 1.82) is 0 Å². The second-order valence-electron chi connectivity index (χ2n) is 7.15. The van der Waals surface area contributed by atoms with Crippen molar-refractivity contribution < 1.29 is 14.3 Å². The molecule has 0 saturated heterocycles. The first-order valence-corrected chi connectivity index (χ1v) is 11.3. The van der Waals surface area contributed by atoms with Gasteiger partial charge in [0.05, 0.1) is 22.8 Å². The van der Waals surface area contributed by atoms with E-state index in [1.807, 2.05) is 42.5 Å². The van der Waals surface area contributed by atoms with E-state index in [4.69, 9.17) is 32.7 Å². The van der Waals surface area contributed by atoms with Crippen molar-refractivity contribution >= 4 is 40.9 Å². The van der Waals surface area contributed by atoms with Crippen LogP contribution in [0, 0.1) is 0 Å². The SMILES string of the molecule is COCNC(=O)c1ccc2c(c1)Sc1ccccc1C(OCc1ccc(Cl)c(Cl)c1)C2. The molecule has 160 valence electrons. The van der Waals surface area contributed by atoms with Crippen molar-refractivity contribution in [2.75, 3.05) is 13.8 Å². The van der Waals surface area contributed by atoms with Crippen LogP contribution in [0.25, 0.3) is 0 Å². The van der Waals surface area contributed by atoms with E-state index >= 15 is 0 Å². The Kier molecular flexibility index (Phi) is 7.20. The predicted molar refractivity (Wildman–Crippen MR) is 124 cm³/mol. The fraction of sp³-hybridized carbons (Fsp3) is 0.208. The second-order valence-corrected chi connectivity index (χ2v) is 9.05. The predicted octanol–water partition coefficient (Wildman–Crippen LogP) is 6.29. The van der Waals surface area contributed by atoms with E-state index in [0.29, 0.717) is 28.6 Å². The number of carbonyl (C=O) groups is 1. The summed E-state index contributed by atoms with van der Waals surface area (Å²) < 4.78 is 11.3. The first-order chi connectivity index (χ1) is 15.0. The van der Waals surface area contributed by atoms with Crippen molar-refractivity contribution in [1.82, 2.24) is 5.32 Å². The molecule has 1 aliphatic rings. The van der Waals surface area contributed by atoms with Crippen LogP contribution >= 0.6 is 35.0 Å². The smallest absolute Gasteiger partial charge is 0.253 e. The summed E-state index contributed by atoms with van der Waals surface area (Å²) in [5, 5.41) is 3.78. The molecule has 4 rings (SSSR count). The highest BCUT2D eigenvalue weighted by Crippen LogP contribution is 2.42. The van der Waals surface area contributed by atoms with E-state index in [9.17, 15) is 4.79 Å². The molecule has 1 unspecified atom stereocenters. The highest BCUT2D eigenvalue weighted by Gasteiger charge is 2.24. The van der Waals surface area contributed by atoms with Gasteiger partial charge >= 0.3 is 0 Å². The first-order valence-electron chi connectivity index (χ1n) is 9.77. The number of carbonyl (C=O) groups excluding carboxylic acids is 1. The minimum Gasteiger partial charge on any atom is -0.368 e. The van der Waals surface area contributed by atoms with Crippen molar-refractivity contribution in [2.45, 2.75) is 28.9 Å². The van der Waals surface area contributed by atoms with Gasteiger partial charge in [0.25, 0.3) is 5.91 Å². The lowest BCUT2D eigenvalue weighted by Gasteiger charge is -2.19. The average Bonchev–Trinajstić information content (AvgIpc) is 2.94. The minimum absolute atomic E-state index is 0.118. The largest absolute Gasteiger partial charge is 0.368 e. The number of nitrogens with one attached hydrogen (secondary N) is 1. The third kappa shape index (κ3) is 5.25. The van der Waals surface area contributed by atoms with Gasteiger partial charge in [-0.1, -0.05) is 65.3 Å². The zero-order valence-electron chi connectivity index (χ0n) is 16.9. The molecule has 3 aromatic carbocycles.